The van der Waals surface area contributed by atoms with E-state index in [-0.39, 0.29) is 11.8 Å². The topological polar surface area (TPSA) is 86.8 Å². The van der Waals surface area contributed by atoms with Gasteiger partial charge in [-0.15, -0.1) is 0 Å². The average molecular weight is 381 g/mol. The molecule has 1 N–H and O–H groups in total. The molecule has 1 aliphatic heterocycles. The molecule has 1 fully saturated rings. The fourth-order valence-corrected chi connectivity index (χ4v) is 4.30. The van der Waals surface area contributed by atoms with E-state index in [9.17, 15) is 18.0 Å². The van der Waals surface area contributed by atoms with Crippen molar-refractivity contribution in [3.05, 3.63) is 29.8 Å². The second-order valence-electron chi connectivity index (χ2n) is 6.43. The number of nitrogens with one attached hydrogen (secondary N) is 1. The Morgan fingerprint density at radius 3 is 2.31 bits per heavy atom. The number of carbonyl (C=O) groups is 2. The van der Waals surface area contributed by atoms with Gasteiger partial charge in [0, 0.05) is 30.9 Å². The maximum atomic E-state index is 12.6. The third-order valence-electron chi connectivity index (χ3n) is 4.63. The summed E-state index contributed by atoms with van der Waals surface area (Å²) in [6.07, 6.45) is 3.23. The molecule has 1 heterocycles. The molecule has 2 amide bonds. The Morgan fingerprint density at radius 1 is 1.15 bits per heavy atom. The molecule has 0 spiro atoms. The van der Waals surface area contributed by atoms with Gasteiger partial charge in [-0.2, -0.15) is 4.31 Å². The van der Waals surface area contributed by atoms with Gasteiger partial charge < -0.3 is 10.2 Å². The van der Waals surface area contributed by atoms with Crippen LogP contribution >= 0.6 is 0 Å². The third kappa shape index (κ3) is 4.82. The van der Waals surface area contributed by atoms with Crippen LogP contribution in [0, 0.1) is 0 Å². The number of benzene rings is 1. The summed E-state index contributed by atoms with van der Waals surface area (Å²) >= 11 is 0. The van der Waals surface area contributed by atoms with E-state index in [1.54, 1.807) is 29.2 Å². The van der Waals surface area contributed by atoms with Crippen LogP contribution in [0.3, 0.4) is 0 Å². The van der Waals surface area contributed by atoms with Gasteiger partial charge in [0.2, 0.25) is 15.9 Å². The highest BCUT2D eigenvalue weighted by Crippen LogP contribution is 2.21. The Bertz CT molecular complexity index is 742. The molecule has 0 aliphatic carbocycles. The standard InChI is InChI=1S/C18H27N3O4S/c1-4-20(5-2)18(23)14-9-11-15(12-10-14)19-17(22)16-8-6-7-13-21(16)26(3,24)25/h9-12,16H,4-8,13H2,1-3H3,(H,19,22). The fourth-order valence-electron chi connectivity index (χ4n) is 3.18. The number of anilines is 1. The van der Waals surface area contributed by atoms with Gasteiger partial charge >= 0.3 is 0 Å². The Balaban J connectivity index is 2.08. The quantitative estimate of drug-likeness (QED) is 0.816. The van der Waals surface area contributed by atoms with Crippen LogP contribution in [-0.4, -0.2) is 61.4 Å². The highest BCUT2D eigenvalue weighted by atomic mass is 32.2. The Kier molecular flexibility index (Phi) is 6.77. The van der Waals surface area contributed by atoms with Crippen molar-refractivity contribution < 1.29 is 18.0 Å². The molecule has 1 aliphatic rings. The number of hydrogen-bond donors (Lipinski definition) is 1. The van der Waals surface area contributed by atoms with Gasteiger partial charge in [-0.25, -0.2) is 8.42 Å². The van der Waals surface area contributed by atoms with Gasteiger partial charge in [-0.1, -0.05) is 6.42 Å². The van der Waals surface area contributed by atoms with Crippen LogP contribution in [0.15, 0.2) is 24.3 Å². The lowest BCUT2D eigenvalue weighted by Gasteiger charge is -2.32. The average Bonchev–Trinajstić information content (AvgIpc) is 2.62. The van der Waals surface area contributed by atoms with Gasteiger partial charge in [0.15, 0.2) is 0 Å². The number of nitrogens with zero attached hydrogens (tertiary/aromatic N) is 2. The maximum Gasteiger partial charge on any atom is 0.253 e. The van der Waals surface area contributed by atoms with Crippen molar-refractivity contribution in [3.63, 3.8) is 0 Å². The number of amides is 2. The Hall–Kier alpha value is -1.93. The van der Waals surface area contributed by atoms with E-state index in [1.165, 1.54) is 4.31 Å². The summed E-state index contributed by atoms with van der Waals surface area (Å²) in [5.74, 6) is -0.388. The molecule has 7 nitrogen and oxygen atoms in total. The molecular formula is C18H27N3O4S. The van der Waals surface area contributed by atoms with Gasteiger partial charge in [0.1, 0.15) is 6.04 Å². The van der Waals surface area contributed by atoms with Gasteiger partial charge in [-0.05, 0) is 51.0 Å². The lowest BCUT2D eigenvalue weighted by molar-refractivity contribution is -0.120. The van der Waals surface area contributed by atoms with Crippen LogP contribution < -0.4 is 5.32 Å². The van der Waals surface area contributed by atoms with Gasteiger partial charge in [0.25, 0.3) is 5.91 Å². The first-order valence-electron chi connectivity index (χ1n) is 8.95. The largest absolute Gasteiger partial charge is 0.339 e. The van der Waals surface area contributed by atoms with E-state index in [1.807, 2.05) is 13.8 Å². The minimum absolute atomic E-state index is 0.0524. The number of hydrogen-bond acceptors (Lipinski definition) is 4. The number of rotatable bonds is 6. The van der Waals surface area contributed by atoms with Crippen molar-refractivity contribution in [2.45, 2.75) is 39.2 Å². The molecule has 1 atom stereocenters. The maximum absolute atomic E-state index is 12.6. The Labute approximate surface area is 155 Å². The van der Waals surface area contributed by atoms with Gasteiger partial charge in [-0.3, -0.25) is 9.59 Å². The van der Waals surface area contributed by atoms with E-state index < -0.39 is 16.1 Å². The summed E-state index contributed by atoms with van der Waals surface area (Å²) in [7, 11) is -3.42. The summed E-state index contributed by atoms with van der Waals surface area (Å²) < 4.78 is 25.1. The number of carbonyl (C=O) groups excluding carboxylic acids is 2. The molecule has 2 rings (SSSR count). The van der Waals surface area contributed by atoms with Crippen molar-refractivity contribution in [3.8, 4) is 0 Å². The fraction of sp³-hybridized carbons (Fsp3) is 0.556. The van der Waals surface area contributed by atoms with Crippen LogP contribution in [0.5, 0.6) is 0 Å². The second kappa shape index (κ2) is 8.64. The summed E-state index contributed by atoms with van der Waals surface area (Å²) in [4.78, 5) is 26.6. The zero-order valence-electron chi connectivity index (χ0n) is 15.6. The Morgan fingerprint density at radius 2 is 1.77 bits per heavy atom. The number of sulfonamides is 1. The molecule has 1 unspecified atom stereocenters. The predicted molar refractivity (Wildman–Crippen MR) is 102 cm³/mol. The third-order valence-corrected chi connectivity index (χ3v) is 5.92. The normalized spacial score (nSPS) is 18.3. The van der Waals surface area contributed by atoms with Crippen molar-refractivity contribution in [1.29, 1.82) is 0 Å². The molecule has 1 saturated heterocycles. The summed E-state index contributed by atoms with van der Waals surface area (Å²) in [6, 6.07) is 6.00. The lowest BCUT2D eigenvalue weighted by Crippen LogP contribution is -2.49. The van der Waals surface area contributed by atoms with Crippen LogP contribution in [0.25, 0.3) is 0 Å². The van der Waals surface area contributed by atoms with E-state index in [0.717, 1.165) is 19.1 Å². The van der Waals surface area contributed by atoms with Gasteiger partial charge in [0.05, 0.1) is 6.26 Å². The van der Waals surface area contributed by atoms with E-state index in [0.29, 0.717) is 37.3 Å². The highest BCUT2D eigenvalue weighted by Gasteiger charge is 2.34. The first-order valence-corrected chi connectivity index (χ1v) is 10.8. The summed E-state index contributed by atoms with van der Waals surface area (Å²) in [6.45, 7) is 5.49. The monoisotopic (exact) mass is 381 g/mol. The lowest BCUT2D eigenvalue weighted by atomic mass is 10.0. The minimum Gasteiger partial charge on any atom is -0.339 e. The summed E-state index contributed by atoms with van der Waals surface area (Å²) in [5.41, 5.74) is 1.10. The molecule has 26 heavy (non-hydrogen) atoms. The van der Waals surface area contributed by atoms with E-state index >= 15 is 0 Å². The molecule has 0 saturated carbocycles. The zero-order valence-corrected chi connectivity index (χ0v) is 16.4. The van der Waals surface area contributed by atoms with E-state index in [2.05, 4.69) is 5.32 Å². The van der Waals surface area contributed by atoms with E-state index in [4.69, 9.17) is 0 Å². The van der Waals surface area contributed by atoms with Crippen LogP contribution in [-0.2, 0) is 14.8 Å². The predicted octanol–water partition coefficient (Wildman–Crippen LogP) is 1.92. The molecule has 0 aromatic heterocycles. The molecule has 1 aromatic carbocycles. The first-order chi connectivity index (χ1) is 12.3. The van der Waals surface area contributed by atoms with Crippen LogP contribution in [0.2, 0.25) is 0 Å². The smallest absolute Gasteiger partial charge is 0.253 e. The van der Waals surface area contributed by atoms with Crippen molar-refractivity contribution >= 4 is 27.5 Å². The van der Waals surface area contributed by atoms with Crippen LogP contribution in [0.1, 0.15) is 43.5 Å². The van der Waals surface area contributed by atoms with Crippen molar-refractivity contribution in [2.24, 2.45) is 0 Å². The second-order valence-corrected chi connectivity index (χ2v) is 8.36. The van der Waals surface area contributed by atoms with Crippen LogP contribution in [0.4, 0.5) is 5.69 Å². The molecule has 1 aromatic rings. The molecule has 0 bridgehead atoms. The van der Waals surface area contributed by atoms with Crippen molar-refractivity contribution in [1.82, 2.24) is 9.21 Å². The first kappa shape index (κ1) is 20.4. The molecular weight excluding hydrogens is 354 g/mol. The SMILES string of the molecule is CCN(CC)C(=O)c1ccc(NC(=O)C2CCCCN2S(C)(=O)=O)cc1. The van der Waals surface area contributed by atoms with Crippen molar-refractivity contribution in [2.75, 3.05) is 31.2 Å². The minimum atomic E-state index is -3.42. The molecule has 8 heteroatoms. The molecule has 0 radical (unpaired) electrons. The zero-order chi connectivity index (χ0) is 19.3. The highest BCUT2D eigenvalue weighted by molar-refractivity contribution is 7.88. The molecule has 144 valence electrons. The number of piperidine rings is 1. The summed E-state index contributed by atoms with van der Waals surface area (Å²) in [5, 5.41) is 2.77.